The highest BCUT2D eigenvalue weighted by molar-refractivity contribution is 8.76. The molecule has 4 rings (SSSR count). The molecular formula is C32H34O2S2. The van der Waals surface area contributed by atoms with Gasteiger partial charge in [-0.25, -0.2) is 0 Å². The molecule has 0 spiro atoms. The Balaban J connectivity index is 1.60. The topological polar surface area (TPSA) is 18.5 Å². The largest absolute Gasteiger partial charge is 0.496 e. The predicted octanol–water partition coefficient (Wildman–Crippen LogP) is 10.0. The fraction of sp³-hybridized carbons (Fsp3) is 0.250. The molecule has 4 aromatic rings. The Morgan fingerprint density at radius 2 is 0.917 bits per heavy atom. The van der Waals surface area contributed by atoms with Crippen molar-refractivity contribution in [1.82, 2.24) is 0 Å². The van der Waals surface area contributed by atoms with Crippen molar-refractivity contribution < 1.29 is 9.47 Å². The number of ether oxygens (including phenoxy) is 2. The van der Waals surface area contributed by atoms with Gasteiger partial charge in [0.15, 0.2) is 0 Å². The van der Waals surface area contributed by atoms with Gasteiger partial charge in [-0.2, -0.15) is 0 Å². The highest BCUT2D eigenvalue weighted by atomic mass is 33.1. The van der Waals surface area contributed by atoms with E-state index in [0.717, 1.165) is 24.3 Å². The van der Waals surface area contributed by atoms with Crippen LogP contribution in [0.2, 0.25) is 0 Å². The Morgan fingerprint density at radius 3 is 1.25 bits per heavy atom. The van der Waals surface area contributed by atoms with E-state index in [1.807, 2.05) is 21.6 Å². The van der Waals surface area contributed by atoms with Crippen molar-refractivity contribution in [3.8, 4) is 33.8 Å². The van der Waals surface area contributed by atoms with E-state index in [0.29, 0.717) is 10.5 Å². The van der Waals surface area contributed by atoms with Gasteiger partial charge in [-0.15, -0.1) is 0 Å². The van der Waals surface area contributed by atoms with Gasteiger partial charge in [0.25, 0.3) is 0 Å². The van der Waals surface area contributed by atoms with Gasteiger partial charge in [0.1, 0.15) is 11.5 Å². The van der Waals surface area contributed by atoms with Crippen molar-refractivity contribution in [2.75, 3.05) is 14.2 Å². The highest BCUT2D eigenvalue weighted by Gasteiger charge is 2.22. The van der Waals surface area contributed by atoms with Gasteiger partial charge in [0.05, 0.1) is 14.2 Å². The SMILES string of the molecule is CC[C@@H](SS[C@H](CC)c1cc(-c2ccccc2)ccc1OC)c1cc(-c2ccccc2)ccc1OC. The van der Waals surface area contributed by atoms with Crippen LogP contribution in [-0.4, -0.2) is 14.2 Å². The third-order valence-corrected chi connectivity index (χ3v) is 9.87. The summed E-state index contributed by atoms with van der Waals surface area (Å²) in [6.45, 7) is 4.51. The highest BCUT2D eigenvalue weighted by Crippen LogP contribution is 2.52. The van der Waals surface area contributed by atoms with Crippen molar-refractivity contribution >= 4 is 21.6 Å². The normalized spacial score (nSPS) is 12.7. The van der Waals surface area contributed by atoms with Gasteiger partial charge in [0, 0.05) is 21.6 Å². The number of rotatable bonds is 11. The van der Waals surface area contributed by atoms with Gasteiger partial charge < -0.3 is 9.47 Å². The summed E-state index contributed by atoms with van der Waals surface area (Å²) >= 11 is 0. The Morgan fingerprint density at radius 1 is 0.528 bits per heavy atom. The van der Waals surface area contributed by atoms with E-state index in [2.05, 4.69) is 111 Å². The lowest BCUT2D eigenvalue weighted by Gasteiger charge is -2.23. The van der Waals surface area contributed by atoms with Gasteiger partial charge in [-0.1, -0.05) is 108 Å². The zero-order valence-corrected chi connectivity index (χ0v) is 23.1. The summed E-state index contributed by atoms with van der Waals surface area (Å²) in [6, 6.07) is 34.2. The third kappa shape index (κ3) is 6.11. The van der Waals surface area contributed by atoms with Gasteiger partial charge >= 0.3 is 0 Å². The molecule has 0 aromatic heterocycles. The van der Waals surface area contributed by atoms with Crippen LogP contribution in [-0.2, 0) is 0 Å². The lowest BCUT2D eigenvalue weighted by molar-refractivity contribution is 0.409. The van der Waals surface area contributed by atoms with Crippen LogP contribution in [0.3, 0.4) is 0 Å². The molecule has 0 saturated carbocycles. The second-order valence-electron chi connectivity index (χ2n) is 8.63. The van der Waals surface area contributed by atoms with Crippen LogP contribution in [0, 0.1) is 0 Å². The molecule has 2 atom stereocenters. The zero-order valence-electron chi connectivity index (χ0n) is 21.4. The molecule has 0 bridgehead atoms. The quantitative estimate of drug-likeness (QED) is 0.185. The molecule has 0 heterocycles. The first-order chi connectivity index (χ1) is 17.7. The van der Waals surface area contributed by atoms with Crippen molar-refractivity contribution in [1.29, 1.82) is 0 Å². The number of hydrogen-bond donors (Lipinski definition) is 0. The number of benzene rings is 4. The van der Waals surface area contributed by atoms with Gasteiger partial charge in [-0.05, 0) is 59.4 Å². The average molecular weight is 515 g/mol. The molecule has 0 N–H and O–H groups in total. The molecule has 0 aliphatic heterocycles. The van der Waals surface area contributed by atoms with Crippen LogP contribution >= 0.6 is 21.6 Å². The minimum absolute atomic E-state index is 0.311. The van der Waals surface area contributed by atoms with E-state index in [-0.39, 0.29) is 0 Å². The fourth-order valence-corrected chi connectivity index (χ4v) is 7.77. The Hall–Kier alpha value is -2.82. The summed E-state index contributed by atoms with van der Waals surface area (Å²) < 4.78 is 11.6. The lowest BCUT2D eigenvalue weighted by atomic mass is 10.00. The number of methoxy groups -OCH3 is 2. The van der Waals surface area contributed by atoms with E-state index >= 15 is 0 Å². The van der Waals surface area contributed by atoms with Gasteiger partial charge in [0.2, 0.25) is 0 Å². The molecule has 186 valence electrons. The monoisotopic (exact) mass is 514 g/mol. The third-order valence-electron chi connectivity index (χ3n) is 6.40. The summed E-state index contributed by atoms with van der Waals surface area (Å²) in [5.74, 6) is 1.90. The summed E-state index contributed by atoms with van der Waals surface area (Å²) in [7, 11) is 7.40. The standard InChI is InChI=1S/C32H34O2S2/c1-5-31(27-21-25(17-19-29(27)33-3)23-13-9-7-10-14-23)35-36-32(6-2)28-22-26(18-20-30(28)34-4)24-15-11-8-12-16-24/h7-22,31-32H,5-6H2,1-4H3/t31-,32-/m1/s1. The Labute approximate surface area is 223 Å². The van der Waals surface area contributed by atoms with Gasteiger partial charge in [-0.3, -0.25) is 0 Å². The van der Waals surface area contributed by atoms with Crippen molar-refractivity contribution in [3.05, 3.63) is 108 Å². The molecule has 0 aliphatic rings. The first-order valence-corrected chi connectivity index (χ1v) is 14.7. The predicted molar refractivity (Wildman–Crippen MR) is 158 cm³/mol. The first kappa shape index (κ1) is 26.2. The second kappa shape index (κ2) is 12.9. The lowest BCUT2D eigenvalue weighted by Crippen LogP contribution is -2.00. The van der Waals surface area contributed by atoms with Crippen molar-refractivity contribution in [2.45, 2.75) is 37.2 Å². The van der Waals surface area contributed by atoms with Crippen LogP contribution in [0.4, 0.5) is 0 Å². The van der Waals surface area contributed by atoms with E-state index in [9.17, 15) is 0 Å². The second-order valence-corrected chi connectivity index (χ2v) is 11.3. The molecule has 0 aliphatic carbocycles. The summed E-state index contributed by atoms with van der Waals surface area (Å²) in [4.78, 5) is 0. The summed E-state index contributed by atoms with van der Waals surface area (Å²) in [6.07, 6.45) is 2.04. The van der Waals surface area contributed by atoms with Crippen LogP contribution in [0.25, 0.3) is 22.3 Å². The van der Waals surface area contributed by atoms with Crippen LogP contribution in [0.15, 0.2) is 97.1 Å². The number of hydrogen-bond acceptors (Lipinski definition) is 4. The molecule has 4 heteroatoms. The molecule has 2 nitrogen and oxygen atoms in total. The minimum atomic E-state index is 0.311. The zero-order chi connectivity index (χ0) is 25.3. The van der Waals surface area contributed by atoms with Crippen LogP contribution in [0.5, 0.6) is 11.5 Å². The molecule has 0 amide bonds. The Bertz CT molecular complexity index is 1140. The first-order valence-electron chi connectivity index (χ1n) is 12.5. The summed E-state index contributed by atoms with van der Waals surface area (Å²) in [5.41, 5.74) is 7.39. The van der Waals surface area contributed by atoms with E-state index in [4.69, 9.17) is 9.47 Å². The summed E-state index contributed by atoms with van der Waals surface area (Å²) in [5, 5.41) is 0.622. The van der Waals surface area contributed by atoms with E-state index in [1.165, 1.54) is 33.4 Å². The molecule has 0 radical (unpaired) electrons. The van der Waals surface area contributed by atoms with Crippen molar-refractivity contribution in [2.24, 2.45) is 0 Å². The molecule has 36 heavy (non-hydrogen) atoms. The molecule has 0 unspecified atom stereocenters. The maximum atomic E-state index is 5.80. The maximum absolute atomic E-state index is 5.80. The molecule has 4 aromatic carbocycles. The van der Waals surface area contributed by atoms with Crippen LogP contribution in [0.1, 0.15) is 48.3 Å². The van der Waals surface area contributed by atoms with Crippen molar-refractivity contribution in [3.63, 3.8) is 0 Å². The average Bonchev–Trinajstić information content (AvgIpc) is 2.96. The molecular weight excluding hydrogens is 480 g/mol. The minimum Gasteiger partial charge on any atom is -0.496 e. The maximum Gasteiger partial charge on any atom is 0.123 e. The fourth-order valence-electron chi connectivity index (χ4n) is 4.41. The van der Waals surface area contributed by atoms with E-state index in [1.54, 1.807) is 14.2 Å². The Kier molecular flexibility index (Phi) is 9.43. The van der Waals surface area contributed by atoms with Crippen LogP contribution < -0.4 is 9.47 Å². The van der Waals surface area contributed by atoms with E-state index < -0.39 is 0 Å². The molecule has 0 fully saturated rings. The smallest absolute Gasteiger partial charge is 0.123 e. The molecule has 0 saturated heterocycles.